The highest BCUT2D eigenvalue weighted by Gasteiger charge is 2.06. The van der Waals surface area contributed by atoms with Crippen LogP contribution in [0.25, 0.3) is 22.4 Å². The minimum atomic E-state index is 0.894. The predicted octanol–water partition coefficient (Wildman–Crippen LogP) is 5.81. The maximum atomic E-state index is 5.12. The van der Waals surface area contributed by atoms with E-state index in [-0.39, 0.29) is 0 Å². The molecular formula is C19H14N2OS. The molecule has 0 saturated carbocycles. The van der Waals surface area contributed by atoms with E-state index in [1.807, 2.05) is 36.4 Å². The Bertz CT molecular complexity index is 881. The Morgan fingerprint density at radius 1 is 0.826 bits per heavy atom. The van der Waals surface area contributed by atoms with Gasteiger partial charge in [-0.25, -0.2) is 4.98 Å². The molecule has 0 fully saturated rings. The second-order valence-corrected chi connectivity index (χ2v) is 5.98. The van der Waals surface area contributed by atoms with Crippen molar-refractivity contribution in [3.63, 3.8) is 0 Å². The first-order valence-electron chi connectivity index (χ1n) is 7.29. The van der Waals surface area contributed by atoms with E-state index in [0.717, 1.165) is 33.2 Å². The number of hydrogen-bond donors (Lipinski definition) is 1. The van der Waals surface area contributed by atoms with E-state index >= 15 is 0 Å². The van der Waals surface area contributed by atoms with Crippen LogP contribution < -0.4 is 5.32 Å². The number of furan rings is 1. The largest absolute Gasteiger partial charge is 0.472 e. The number of nitrogens with one attached hydrogen (secondary N) is 1. The third kappa shape index (κ3) is 3.03. The number of aromatic nitrogens is 1. The number of nitrogens with zero attached hydrogens (tertiary/aromatic N) is 1. The minimum Gasteiger partial charge on any atom is -0.472 e. The Labute approximate surface area is 138 Å². The van der Waals surface area contributed by atoms with Crippen molar-refractivity contribution in [2.24, 2.45) is 0 Å². The lowest BCUT2D eigenvalue weighted by Gasteiger charge is -2.02. The van der Waals surface area contributed by atoms with Crippen LogP contribution in [0.5, 0.6) is 0 Å². The highest BCUT2D eigenvalue weighted by atomic mass is 32.1. The van der Waals surface area contributed by atoms with Gasteiger partial charge in [-0.1, -0.05) is 42.5 Å². The first-order valence-corrected chi connectivity index (χ1v) is 8.17. The molecule has 0 saturated heterocycles. The molecule has 0 aliphatic carbocycles. The highest BCUT2D eigenvalue weighted by molar-refractivity contribution is 7.14. The average molecular weight is 318 g/mol. The zero-order valence-corrected chi connectivity index (χ0v) is 13.1. The lowest BCUT2D eigenvalue weighted by atomic mass is 10.1. The maximum Gasteiger partial charge on any atom is 0.187 e. The summed E-state index contributed by atoms with van der Waals surface area (Å²) in [5.41, 5.74) is 5.35. The monoisotopic (exact) mass is 318 g/mol. The summed E-state index contributed by atoms with van der Waals surface area (Å²) in [4.78, 5) is 4.66. The third-order valence-corrected chi connectivity index (χ3v) is 4.32. The quantitative estimate of drug-likeness (QED) is 0.515. The van der Waals surface area contributed by atoms with Gasteiger partial charge in [0.2, 0.25) is 0 Å². The molecule has 0 atom stereocenters. The summed E-state index contributed by atoms with van der Waals surface area (Å²) in [6.07, 6.45) is 3.44. The fraction of sp³-hybridized carbons (Fsp3) is 0. The van der Waals surface area contributed by atoms with E-state index in [2.05, 4.69) is 39.9 Å². The van der Waals surface area contributed by atoms with Gasteiger partial charge < -0.3 is 9.73 Å². The number of benzene rings is 2. The zero-order valence-electron chi connectivity index (χ0n) is 12.3. The average Bonchev–Trinajstić information content (AvgIpc) is 3.28. The second-order valence-electron chi connectivity index (χ2n) is 5.12. The van der Waals surface area contributed by atoms with Crippen molar-refractivity contribution < 1.29 is 4.42 Å². The summed E-state index contributed by atoms with van der Waals surface area (Å²) in [5.74, 6) is 0. The molecule has 3 nitrogen and oxygen atoms in total. The van der Waals surface area contributed by atoms with Gasteiger partial charge in [-0.15, -0.1) is 11.3 Å². The molecule has 4 aromatic rings. The summed E-state index contributed by atoms with van der Waals surface area (Å²) in [5, 5.41) is 6.28. The molecule has 2 aromatic heterocycles. The lowest BCUT2D eigenvalue weighted by molar-refractivity contribution is 0.568. The molecule has 4 rings (SSSR count). The smallest absolute Gasteiger partial charge is 0.187 e. The van der Waals surface area contributed by atoms with Gasteiger partial charge in [0.1, 0.15) is 0 Å². The molecule has 0 aliphatic heterocycles. The van der Waals surface area contributed by atoms with E-state index in [9.17, 15) is 0 Å². The molecule has 0 radical (unpaired) electrons. The Morgan fingerprint density at radius 2 is 1.61 bits per heavy atom. The Hall–Kier alpha value is -2.85. The van der Waals surface area contributed by atoms with Crippen LogP contribution in [0, 0.1) is 0 Å². The van der Waals surface area contributed by atoms with Gasteiger partial charge in [0.25, 0.3) is 0 Å². The van der Waals surface area contributed by atoms with Crippen molar-refractivity contribution >= 4 is 22.2 Å². The van der Waals surface area contributed by atoms with Gasteiger partial charge in [-0.3, -0.25) is 0 Å². The van der Waals surface area contributed by atoms with Crippen molar-refractivity contribution in [2.75, 3.05) is 5.32 Å². The van der Waals surface area contributed by atoms with Crippen LogP contribution in [0.3, 0.4) is 0 Å². The summed E-state index contributed by atoms with van der Waals surface area (Å²) in [6.45, 7) is 0. The number of rotatable bonds is 4. The molecule has 0 spiro atoms. The fourth-order valence-corrected chi connectivity index (χ4v) is 3.11. The van der Waals surface area contributed by atoms with E-state index in [1.165, 1.54) is 0 Å². The molecular weight excluding hydrogens is 304 g/mol. The van der Waals surface area contributed by atoms with Gasteiger partial charge in [0.15, 0.2) is 5.13 Å². The molecule has 4 heteroatoms. The normalized spacial score (nSPS) is 10.6. The molecule has 0 aliphatic rings. The number of anilines is 2. The van der Waals surface area contributed by atoms with Crippen LogP contribution in [0.4, 0.5) is 10.8 Å². The summed E-state index contributed by atoms with van der Waals surface area (Å²) in [6, 6.07) is 20.4. The minimum absolute atomic E-state index is 0.894. The molecule has 1 N–H and O–H groups in total. The SMILES string of the molecule is c1ccc(Nc2nc(-c3ccc(-c4ccoc4)cc3)cs2)cc1. The van der Waals surface area contributed by atoms with E-state index in [4.69, 9.17) is 4.42 Å². The van der Waals surface area contributed by atoms with Gasteiger partial charge in [-0.05, 0) is 23.8 Å². The van der Waals surface area contributed by atoms with Crippen molar-refractivity contribution in [3.05, 3.63) is 78.6 Å². The fourth-order valence-electron chi connectivity index (χ4n) is 2.37. The van der Waals surface area contributed by atoms with Crippen molar-refractivity contribution in [1.29, 1.82) is 0 Å². The summed E-state index contributed by atoms with van der Waals surface area (Å²) >= 11 is 1.60. The van der Waals surface area contributed by atoms with Crippen molar-refractivity contribution in [2.45, 2.75) is 0 Å². The standard InChI is InChI=1S/C19H14N2OS/c1-2-4-17(5-3-1)20-19-21-18(13-23-19)15-8-6-14(7-9-15)16-10-11-22-12-16/h1-13H,(H,20,21). The van der Waals surface area contributed by atoms with E-state index in [0.29, 0.717) is 0 Å². The van der Waals surface area contributed by atoms with Gasteiger partial charge in [0.05, 0.1) is 18.2 Å². The van der Waals surface area contributed by atoms with E-state index < -0.39 is 0 Å². The molecule has 2 aromatic carbocycles. The van der Waals surface area contributed by atoms with Gasteiger partial charge in [-0.2, -0.15) is 0 Å². The van der Waals surface area contributed by atoms with Crippen LogP contribution in [0.2, 0.25) is 0 Å². The Morgan fingerprint density at radius 3 is 2.35 bits per heavy atom. The van der Waals surface area contributed by atoms with Crippen LogP contribution in [-0.2, 0) is 0 Å². The molecule has 2 heterocycles. The van der Waals surface area contributed by atoms with Crippen LogP contribution >= 0.6 is 11.3 Å². The molecule has 0 unspecified atom stereocenters. The predicted molar refractivity (Wildman–Crippen MR) is 95.0 cm³/mol. The van der Waals surface area contributed by atoms with Gasteiger partial charge in [0, 0.05) is 22.2 Å². The summed E-state index contributed by atoms with van der Waals surface area (Å²) in [7, 11) is 0. The number of hydrogen-bond acceptors (Lipinski definition) is 4. The van der Waals surface area contributed by atoms with Crippen LogP contribution in [0.1, 0.15) is 0 Å². The second kappa shape index (κ2) is 6.10. The van der Waals surface area contributed by atoms with E-state index in [1.54, 1.807) is 23.9 Å². The zero-order chi connectivity index (χ0) is 15.5. The summed E-state index contributed by atoms with van der Waals surface area (Å²) < 4.78 is 5.12. The maximum absolute atomic E-state index is 5.12. The van der Waals surface area contributed by atoms with Crippen molar-refractivity contribution in [3.8, 4) is 22.4 Å². The molecule has 112 valence electrons. The third-order valence-electron chi connectivity index (χ3n) is 3.56. The Kier molecular flexibility index (Phi) is 3.66. The van der Waals surface area contributed by atoms with Crippen LogP contribution in [0.15, 0.2) is 83.0 Å². The first-order chi connectivity index (χ1) is 11.4. The number of thiazole rings is 1. The Balaban J connectivity index is 1.54. The van der Waals surface area contributed by atoms with Gasteiger partial charge >= 0.3 is 0 Å². The van der Waals surface area contributed by atoms with Crippen molar-refractivity contribution in [1.82, 2.24) is 4.98 Å². The highest BCUT2D eigenvalue weighted by Crippen LogP contribution is 2.29. The lowest BCUT2D eigenvalue weighted by Crippen LogP contribution is -1.88. The molecule has 23 heavy (non-hydrogen) atoms. The van der Waals surface area contributed by atoms with Crippen LogP contribution in [-0.4, -0.2) is 4.98 Å². The molecule has 0 bridgehead atoms. The number of para-hydroxylation sites is 1. The molecule has 0 amide bonds. The topological polar surface area (TPSA) is 38.1 Å². The first kappa shape index (κ1) is 13.8.